The van der Waals surface area contributed by atoms with Crippen molar-refractivity contribution in [2.45, 2.75) is 18.6 Å². The second kappa shape index (κ2) is 8.47. The molecule has 4 N–H and O–H groups in total. The fourth-order valence-corrected chi connectivity index (χ4v) is 4.48. The van der Waals surface area contributed by atoms with Crippen LogP contribution < -0.4 is 10.6 Å². The van der Waals surface area contributed by atoms with Crippen molar-refractivity contribution in [3.05, 3.63) is 51.5 Å². The number of hydrogen-bond donors (Lipinski definition) is 4. The third-order valence-electron chi connectivity index (χ3n) is 5.74. The number of aromatic nitrogens is 2. The van der Waals surface area contributed by atoms with Crippen molar-refractivity contribution in [3.63, 3.8) is 0 Å². The van der Waals surface area contributed by atoms with Crippen molar-refractivity contribution in [3.8, 4) is 0 Å². The SMILES string of the molecule is C[C@H](NC(=O)O)C1(O)CN(C(=O)c2cc3c(ncn3C)c(F)c2Nc2ccc(Br)cc2Cl)C1. The van der Waals surface area contributed by atoms with Gasteiger partial charge in [0, 0.05) is 11.5 Å². The van der Waals surface area contributed by atoms with E-state index in [0.717, 1.165) is 4.47 Å². The van der Waals surface area contributed by atoms with E-state index in [0.29, 0.717) is 16.2 Å². The molecule has 9 nitrogen and oxygen atoms in total. The second-order valence-corrected chi connectivity index (χ2v) is 9.34. The molecule has 1 saturated heterocycles. The van der Waals surface area contributed by atoms with E-state index >= 15 is 4.39 Å². The number of benzene rings is 2. The van der Waals surface area contributed by atoms with Crippen LogP contribution in [0, 0.1) is 5.82 Å². The molecular formula is C21H20BrClFN5O4. The number of anilines is 2. The van der Waals surface area contributed by atoms with Crippen molar-refractivity contribution >= 4 is 61.9 Å². The van der Waals surface area contributed by atoms with Crippen LogP contribution in [0.4, 0.5) is 20.6 Å². The first-order valence-electron chi connectivity index (χ1n) is 9.87. The van der Waals surface area contributed by atoms with Gasteiger partial charge in [-0.15, -0.1) is 0 Å². The van der Waals surface area contributed by atoms with Gasteiger partial charge in [-0.3, -0.25) is 4.79 Å². The molecule has 2 aromatic carbocycles. The summed E-state index contributed by atoms with van der Waals surface area (Å²) >= 11 is 9.60. The number of nitrogens with zero attached hydrogens (tertiary/aromatic N) is 3. The van der Waals surface area contributed by atoms with Crippen molar-refractivity contribution in [2.24, 2.45) is 7.05 Å². The minimum Gasteiger partial charge on any atom is -0.465 e. The molecule has 1 aliphatic heterocycles. The summed E-state index contributed by atoms with van der Waals surface area (Å²) in [7, 11) is 1.68. The van der Waals surface area contributed by atoms with E-state index in [1.54, 1.807) is 29.8 Å². The molecule has 0 spiro atoms. The van der Waals surface area contributed by atoms with E-state index in [4.69, 9.17) is 16.7 Å². The Balaban J connectivity index is 1.70. The largest absolute Gasteiger partial charge is 0.465 e. The Morgan fingerprint density at radius 1 is 1.33 bits per heavy atom. The number of rotatable bonds is 5. The van der Waals surface area contributed by atoms with Gasteiger partial charge in [0.05, 0.1) is 52.9 Å². The lowest BCUT2D eigenvalue weighted by atomic mass is 9.86. The number of β-amino-alcohol motifs (C(OH)–C–C–N with tert-alkyl or cyclic N) is 1. The molecule has 0 saturated carbocycles. The Labute approximate surface area is 201 Å². The lowest BCUT2D eigenvalue weighted by molar-refractivity contribution is -0.0987. The summed E-state index contributed by atoms with van der Waals surface area (Å²) in [6.07, 6.45) is 0.169. The molecule has 33 heavy (non-hydrogen) atoms. The van der Waals surface area contributed by atoms with Gasteiger partial charge in [-0.2, -0.15) is 0 Å². The maximum absolute atomic E-state index is 15.5. The smallest absolute Gasteiger partial charge is 0.404 e. The summed E-state index contributed by atoms with van der Waals surface area (Å²) in [6, 6.07) is 5.73. The number of halogens is 3. The zero-order valence-corrected chi connectivity index (χ0v) is 19.9. The Morgan fingerprint density at radius 2 is 2.03 bits per heavy atom. The zero-order chi connectivity index (χ0) is 24.1. The first-order chi connectivity index (χ1) is 15.5. The first-order valence-corrected chi connectivity index (χ1v) is 11.0. The van der Waals surface area contributed by atoms with Crippen LogP contribution in [0.2, 0.25) is 5.02 Å². The fraction of sp³-hybridized carbons (Fsp3) is 0.286. The van der Waals surface area contributed by atoms with Crippen LogP contribution in [-0.4, -0.2) is 61.4 Å². The minimum absolute atomic E-state index is 0.0310. The van der Waals surface area contributed by atoms with Gasteiger partial charge >= 0.3 is 6.09 Å². The monoisotopic (exact) mass is 539 g/mol. The molecule has 0 radical (unpaired) electrons. The van der Waals surface area contributed by atoms with E-state index in [1.165, 1.54) is 24.2 Å². The van der Waals surface area contributed by atoms with E-state index < -0.39 is 29.5 Å². The zero-order valence-electron chi connectivity index (χ0n) is 17.6. The number of hydrogen-bond acceptors (Lipinski definition) is 5. The van der Waals surface area contributed by atoms with Crippen molar-refractivity contribution in [2.75, 3.05) is 18.4 Å². The molecule has 174 valence electrons. The van der Waals surface area contributed by atoms with Gasteiger partial charge in [0.1, 0.15) is 11.1 Å². The molecule has 1 aromatic heterocycles. The van der Waals surface area contributed by atoms with Gasteiger partial charge in [-0.25, -0.2) is 14.2 Å². The van der Waals surface area contributed by atoms with Crippen LogP contribution in [0.3, 0.4) is 0 Å². The van der Waals surface area contributed by atoms with Gasteiger partial charge in [0.25, 0.3) is 5.91 Å². The summed E-state index contributed by atoms with van der Waals surface area (Å²) in [5, 5.41) is 25.0. The molecule has 2 amide bonds. The minimum atomic E-state index is -1.42. The number of aliphatic hydroxyl groups is 1. The Bertz CT molecular complexity index is 1280. The molecule has 1 fully saturated rings. The fourth-order valence-electron chi connectivity index (χ4n) is 3.76. The molecule has 0 unspecified atom stereocenters. The van der Waals surface area contributed by atoms with Gasteiger partial charge in [0.15, 0.2) is 5.82 Å². The number of carbonyl (C=O) groups is 2. The van der Waals surface area contributed by atoms with E-state index in [1.807, 2.05) is 0 Å². The highest BCUT2D eigenvalue weighted by molar-refractivity contribution is 9.10. The summed E-state index contributed by atoms with van der Waals surface area (Å²) in [5.41, 5.74) is -0.594. The molecule has 0 aliphatic carbocycles. The molecule has 3 aromatic rings. The van der Waals surface area contributed by atoms with E-state index in [9.17, 15) is 14.7 Å². The van der Waals surface area contributed by atoms with Gasteiger partial charge in [-0.1, -0.05) is 27.5 Å². The Kier molecular flexibility index (Phi) is 5.97. The number of fused-ring (bicyclic) bond motifs is 1. The molecule has 4 rings (SSSR count). The summed E-state index contributed by atoms with van der Waals surface area (Å²) in [4.78, 5) is 29.6. The van der Waals surface area contributed by atoms with Crippen LogP contribution in [-0.2, 0) is 7.05 Å². The van der Waals surface area contributed by atoms with Gasteiger partial charge in [0.2, 0.25) is 0 Å². The van der Waals surface area contributed by atoms with Crippen LogP contribution in [0.25, 0.3) is 11.0 Å². The molecule has 0 bridgehead atoms. The Morgan fingerprint density at radius 3 is 2.67 bits per heavy atom. The first kappa shape index (κ1) is 23.3. The lowest BCUT2D eigenvalue weighted by Crippen LogP contribution is -2.71. The third kappa shape index (κ3) is 4.23. The molecular weight excluding hydrogens is 521 g/mol. The third-order valence-corrected chi connectivity index (χ3v) is 6.55. The summed E-state index contributed by atoms with van der Waals surface area (Å²) in [6.45, 7) is 1.29. The maximum Gasteiger partial charge on any atom is 0.404 e. The van der Waals surface area contributed by atoms with Crippen molar-refractivity contribution in [1.29, 1.82) is 0 Å². The molecule has 12 heteroatoms. The molecule has 1 aliphatic rings. The number of imidazole rings is 1. The maximum atomic E-state index is 15.5. The average molecular weight is 541 g/mol. The number of aryl methyl sites for hydroxylation is 1. The lowest BCUT2D eigenvalue weighted by Gasteiger charge is -2.49. The summed E-state index contributed by atoms with van der Waals surface area (Å²) in [5.74, 6) is -1.24. The number of amides is 2. The second-order valence-electron chi connectivity index (χ2n) is 8.02. The van der Waals surface area contributed by atoms with E-state index in [2.05, 4.69) is 31.5 Å². The number of carbonyl (C=O) groups excluding carboxylic acids is 1. The van der Waals surface area contributed by atoms with Crippen molar-refractivity contribution in [1.82, 2.24) is 19.8 Å². The molecule has 2 heterocycles. The van der Waals surface area contributed by atoms with Crippen molar-refractivity contribution < 1.29 is 24.2 Å². The number of nitrogens with one attached hydrogen (secondary N) is 2. The molecule has 1 atom stereocenters. The predicted molar refractivity (Wildman–Crippen MR) is 125 cm³/mol. The highest BCUT2D eigenvalue weighted by Crippen LogP contribution is 2.36. The Hall–Kier alpha value is -2.89. The van der Waals surface area contributed by atoms with Crippen LogP contribution in [0.1, 0.15) is 17.3 Å². The van der Waals surface area contributed by atoms with E-state index in [-0.39, 0.29) is 29.9 Å². The van der Waals surface area contributed by atoms with Crippen LogP contribution in [0.5, 0.6) is 0 Å². The summed E-state index contributed by atoms with van der Waals surface area (Å²) < 4.78 is 17.9. The standard InChI is InChI=1S/C21H20BrClFN5O4/c1-10(26-20(31)32)21(33)7-29(8-21)19(30)12-6-15-18(25-9-28(15)2)16(24)17(12)27-14-4-3-11(22)5-13(14)23/h3-6,9-10,26-27,33H,7-8H2,1-2H3,(H,31,32)/t10-/m0/s1. The quantitative estimate of drug-likeness (QED) is 0.392. The number of likely N-dealkylation sites (tertiary alicyclic amines) is 1. The topological polar surface area (TPSA) is 120 Å². The van der Waals surface area contributed by atoms with Gasteiger partial charge in [-0.05, 0) is 31.2 Å². The van der Waals surface area contributed by atoms with Crippen LogP contribution >= 0.6 is 27.5 Å². The van der Waals surface area contributed by atoms with Gasteiger partial charge < -0.3 is 30.3 Å². The highest BCUT2D eigenvalue weighted by atomic mass is 79.9. The average Bonchev–Trinajstić information content (AvgIpc) is 3.09. The predicted octanol–water partition coefficient (Wildman–Crippen LogP) is 3.71. The number of carboxylic acid groups (broad SMARTS) is 1. The van der Waals surface area contributed by atoms with Crippen LogP contribution in [0.15, 0.2) is 35.1 Å². The highest BCUT2D eigenvalue weighted by Gasteiger charge is 2.48. The normalized spacial score (nSPS) is 15.8.